The summed E-state index contributed by atoms with van der Waals surface area (Å²) in [5.41, 5.74) is 2.90. The van der Waals surface area contributed by atoms with E-state index in [0.717, 1.165) is 16.8 Å². The lowest BCUT2D eigenvalue weighted by Gasteiger charge is -2.27. The van der Waals surface area contributed by atoms with E-state index in [0.29, 0.717) is 5.69 Å². The minimum atomic E-state index is -1.10. The molecule has 0 bridgehead atoms. The highest BCUT2D eigenvalue weighted by Gasteiger charge is 2.23. The molecule has 0 atom stereocenters. The molecule has 0 amide bonds. The summed E-state index contributed by atoms with van der Waals surface area (Å²) in [6.45, 7) is 11.7. The Morgan fingerprint density at radius 2 is 1.60 bits per heavy atom. The van der Waals surface area contributed by atoms with Crippen LogP contribution in [0, 0.1) is 20.8 Å². The minimum Gasteiger partial charge on any atom is -0.543 e. The van der Waals surface area contributed by atoms with Gasteiger partial charge in [0.2, 0.25) is 0 Å². The molecule has 0 saturated heterocycles. The zero-order valence-electron chi connectivity index (χ0n) is 10.3. The maximum Gasteiger partial charge on any atom is 0.0883 e. The van der Waals surface area contributed by atoms with Crippen LogP contribution < -0.4 is 5.11 Å². The molecule has 1 aromatic rings. The first-order chi connectivity index (χ1) is 6.68. The van der Waals surface area contributed by atoms with Crippen LogP contribution in [0.2, 0.25) is 0 Å². The summed E-state index contributed by atoms with van der Waals surface area (Å²) < 4.78 is 1.84. The van der Waals surface area contributed by atoms with Gasteiger partial charge in [0, 0.05) is 11.2 Å². The van der Waals surface area contributed by atoms with Crippen LogP contribution in [0.5, 0.6) is 0 Å². The standard InChI is InChI=1S/C12H19NO2/c1-7-8(2)10(11(14)15)13(9(7)3)12(4,5)6/h1-6H3,(H,14,15)/p-1. The number of aromatic carboxylic acids is 1. The number of hydrogen-bond donors (Lipinski definition) is 0. The van der Waals surface area contributed by atoms with E-state index < -0.39 is 5.97 Å². The van der Waals surface area contributed by atoms with E-state index in [1.165, 1.54) is 0 Å². The van der Waals surface area contributed by atoms with Crippen LogP contribution in [-0.4, -0.2) is 10.5 Å². The predicted octanol–water partition coefficient (Wildman–Crippen LogP) is 1.53. The maximum absolute atomic E-state index is 11.1. The van der Waals surface area contributed by atoms with Crippen molar-refractivity contribution in [2.24, 2.45) is 0 Å². The molecule has 0 aromatic carbocycles. The highest BCUT2D eigenvalue weighted by Crippen LogP contribution is 2.27. The number of nitrogens with zero attached hydrogens (tertiary/aromatic N) is 1. The van der Waals surface area contributed by atoms with Crippen molar-refractivity contribution in [3.8, 4) is 0 Å². The SMILES string of the molecule is Cc1c(C)c(C(=O)[O-])n(C(C)(C)C)c1C. The fraction of sp³-hybridized carbons (Fsp3) is 0.583. The summed E-state index contributed by atoms with van der Waals surface area (Å²) in [5, 5.41) is 11.1. The molecule has 1 heterocycles. The van der Waals surface area contributed by atoms with E-state index in [4.69, 9.17) is 0 Å². The Hall–Kier alpha value is -1.25. The van der Waals surface area contributed by atoms with Crippen LogP contribution in [-0.2, 0) is 5.54 Å². The van der Waals surface area contributed by atoms with Crippen molar-refractivity contribution in [1.82, 2.24) is 4.57 Å². The molecule has 1 rings (SSSR count). The van der Waals surface area contributed by atoms with E-state index in [1.54, 1.807) is 0 Å². The molecular weight excluding hydrogens is 190 g/mol. The first-order valence-electron chi connectivity index (χ1n) is 5.08. The number of hydrogen-bond acceptors (Lipinski definition) is 2. The number of carbonyl (C=O) groups is 1. The first kappa shape index (κ1) is 11.8. The Kier molecular flexibility index (Phi) is 2.68. The molecule has 3 heteroatoms. The molecule has 0 aliphatic rings. The molecular formula is C12H18NO2-. The van der Waals surface area contributed by atoms with E-state index in [-0.39, 0.29) is 5.54 Å². The number of aromatic nitrogens is 1. The third-order valence-corrected chi connectivity index (χ3v) is 2.88. The van der Waals surface area contributed by atoms with Gasteiger partial charge in [-0.25, -0.2) is 0 Å². The van der Waals surface area contributed by atoms with Crippen LogP contribution in [0.25, 0.3) is 0 Å². The van der Waals surface area contributed by atoms with Crippen molar-refractivity contribution < 1.29 is 9.90 Å². The highest BCUT2D eigenvalue weighted by molar-refractivity contribution is 5.87. The molecule has 0 N–H and O–H groups in total. The quantitative estimate of drug-likeness (QED) is 0.702. The van der Waals surface area contributed by atoms with Gasteiger partial charge in [0.05, 0.1) is 11.7 Å². The van der Waals surface area contributed by atoms with Gasteiger partial charge in [-0.1, -0.05) is 0 Å². The number of rotatable bonds is 1. The summed E-state index contributed by atoms with van der Waals surface area (Å²) in [6.07, 6.45) is 0. The van der Waals surface area contributed by atoms with Gasteiger partial charge in [0.1, 0.15) is 0 Å². The lowest BCUT2D eigenvalue weighted by molar-refractivity contribution is -0.256. The molecule has 15 heavy (non-hydrogen) atoms. The van der Waals surface area contributed by atoms with Crippen molar-refractivity contribution in [3.05, 3.63) is 22.5 Å². The fourth-order valence-electron chi connectivity index (χ4n) is 2.03. The van der Waals surface area contributed by atoms with Crippen LogP contribution in [0.3, 0.4) is 0 Å². The van der Waals surface area contributed by atoms with Gasteiger partial charge in [0.15, 0.2) is 0 Å². The summed E-state index contributed by atoms with van der Waals surface area (Å²) in [6, 6.07) is 0. The molecule has 0 radical (unpaired) electrons. The Bertz CT molecular complexity index is 408. The van der Waals surface area contributed by atoms with Gasteiger partial charge in [-0.2, -0.15) is 0 Å². The Morgan fingerprint density at radius 3 is 1.87 bits per heavy atom. The molecule has 1 aromatic heterocycles. The van der Waals surface area contributed by atoms with Gasteiger partial charge in [-0.05, 0) is 52.7 Å². The van der Waals surface area contributed by atoms with Crippen molar-refractivity contribution >= 4 is 5.97 Å². The third-order valence-electron chi connectivity index (χ3n) is 2.88. The van der Waals surface area contributed by atoms with Crippen LogP contribution in [0.4, 0.5) is 0 Å². The van der Waals surface area contributed by atoms with Crippen molar-refractivity contribution in [1.29, 1.82) is 0 Å². The van der Waals surface area contributed by atoms with Crippen molar-refractivity contribution in [2.45, 2.75) is 47.1 Å². The van der Waals surface area contributed by atoms with E-state index in [9.17, 15) is 9.90 Å². The number of carboxylic acids is 1. The largest absolute Gasteiger partial charge is 0.543 e. The molecule has 0 aliphatic heterocycles. The molecule has 0 aliphatic carbocycles. The Labute approximate surface area is 90.7 Å². The second kappa shape index (κ2) is 3.40. The van der Waals surface area contributed by atoms with Gasteiger partial charge in [-0.15, -0.1) is 0 Å². The van der Waals surface area contributed by atoms with Crippen molar-refractivity contribution in [3.63, 3.8) is 0 Å². The monoisotopic (exact) mass is 208 g/mol. The Morgan fingerprint density at radius 1 is 1.13 bits per heavy atom. The molecule has 0 unspecified atom stereocenters. The lowest BCUT2D eigenvalue weighted by Crippen LogP contribution is -2.33. The second-order valence-corrected chi connectivity index (χ2v) is 4.98. The topological polar surface area (TPSA) is 45.1 Å². The summed E-state index contributed by atoms with van der Waals surface area (Å²) in [4.78, 5) is 11.1. The zero-order valence-corrected chi connectivity index (χ0v) is 10.3. The van der Waals surface area contributed by atoms with Crippen molar-refractivity contribution in [2.75, 3.05) is 0 Å². The normalized spacial score (nSPS) is 11.9. The predicted molar refractivity (Wildman–Crippen MR) is 58.0 cm³/mol. The zero-order chi connectivity index (χ0) is 12.0. The number of carboxylic acid groups (broad SMARTS) is 1. The summed E-state index contributed by atoms with van der Waals surface area (Å²) in [5.74, 6) is -1.10. The van der Waals surface area contributed by atoms with Gasteiger partial charge in [-0.3, -0.25) is 0 Å². The summed E-state index contributed by atoms with van der Waals surface area (Å²) in [7, 11) is 0. The average molecular weight is 208 g/mol. The van der Waals surface area contributed by atoms with Gasteiger partial charge < -0.3 is 14.5 Å². The van der Waals surface area contributed by atoms with Crippen LogP contribution in [0.15, 0.2) is 0 Å². The van der Waals surface area contributed by atoms with E-state index in [2.05, 4.69) is 0 Å². The minimum absolute atomic E-state index is 0.238. The van der Waals surface area contributed by atoms with Gasteiger partial charge >= 0.3 is 0 Å². The number of carbonyl (C=O) groups excluding carboxylic acids is 1. The first-order valence-corrected chi connectivity index (χ1v) is 5.08. The van der Waals surface area contributed by atoms with Gasteiger partial charge in [0.25, 0.3) is 0 Å². The molecule has 3 nitrogen and oxygen atoms in total. The molecule has 0 fully saturated rings. The smallest absolute Gasteiger partial charge is 0.0883 e. The van der Waals surface area contributed by atoms with Crippen LogP contribution in [0.1, 0.15) is 48.1 Å². The maximum atomic E-state index is 11.1. The van der Waals surface area contributed by atoms with E-state index in [1.807, 2.05) is 46.1 Å². The molecule has 0 saturated carbocycles. The van der Waals surface area contributed by atoms with Crippen LogP contribution >= 0.6 is 0 Å². The summed E-state index contributed by atoms with van der Waals surface area (Å²) >= 11 is 0. The molecule has 84 valence electrons. The average Bonchev–Trinajstić information content (AvgIpc) is 2.28. The lowest BCUT2D eigenvalue weighted by atomic mass is 10.1. The highest BCUT2D eigenvalue weighted by atomic mass is 16.4. The molecule has 0 spiro atoms. The van der Waals surface area contributed by atoms with E-state index >= 15 is 0 Å². The third kappa shape index (κ3) is 1.78. The Balaban J connectivity index is 3.63. The fourth-order valence-corrected chi connectivity index (χ4v) is 2.03. The second-order valence-electron chi connectivity index (χ2n) is 4.98.